The highest BCUT2D eigenvalue weighted by Crippen LogP contribution is 2.44. The second kappa shape index (κ2) is 10.1. The first-order valence-corrected chi connectivity index (χ1v) is 15.2. The molecule has 6 rings (SSSR count). The van der Waals surface area contributed by atoms with Crippen LogP contribution in [0.3, 0.4) is 0 Å². The van der Waals surface area contributed by atoms with Crippen LogP contribution in [-0.4, -0.2) is 56.5 Å². The third kappa shape index (κ3) is 5.42. The topological polar surface area (TPSA) is 121 Å². The van der Waals surface area contributed by atoms with Crippen LogP contribution < -0.4 is 9.47 Å². The molecule has 0 saturated heterocycles. The predicted molar refractivity (Wildman–Crippen MR) is 154 cm³/mol. The number of rotatable bonds is 7. The van der Waals surface area contributed by atoms with Gasteiger partial charge in [-0.05, 0) is 67.4 Å². The quantitative estimate of drug-likeness (QED) is 0.228. The molecule has 2 aromatic heterocycles. The summed E-state index contributed by atoms with van der Waals surface area (Å²) in [4.78, 5) is 0.0920. The van der Waals surface area contributed by atoms with Gasteiger partial charge in [0.15, 0.2) is 21.3 Å². The minimum atomic E-state index is -3.83. The van der Waals surface area contributed by atoms with Crippen molar-refractivity contribution in [2.75, 3.05) is 6.26 Å². The first kappa shape index (κ1) is 30.3. The molecule has 234 valence electrons. The molecule has 0 aliphatic carbocycles. The van der Waals surface area contributed by atoms with Crippen molar-refractivity contribution in [2.45, 2.75) is 36.6 Å². The summed E-state index contributed by atoms with van der Waals surface area (Å²) in [7, 11) is -2.06. The molecule has 15 heteroatoms. The summed E-state index contributed by atoms with van der Waals surface area (Å²) >= 11 is 0. The van der Waals surface area contributed by atoms with Crippen molar-refractivity contribution in [2.24, 2.45) is 7.05 Å². The number of benzene rings is 3. The summed E-state index contributed by atoms with van der Waals surface area (Å²) in [5.41, 5.74) is -0.388. The van der Waals surface area contributed by atoms with E-state index in [0.29, 0.717) is 33.6 Å². The van der Waals surface area contributed by atoms with Crippen LogP contribution in [-0.2, 0) is 22.8 Å². The normalized spacial score (nSPS) is 14.6. The maximum absolute atomic E-state index is 15.1. The van der Waals surface area contributed by atoms with Crippen LogP contribution in [0, 0.1) is 0 Å². The minimum Gasteiger partial charge on any atom is -0.395 e. The molecule has 0 bridgehead atoms. The highest BCUT2D eigenvalue weighted by atomic mass is 32.2. The zero-order valence-corrected chi connectivity index (χ0v) is 25.0. The van der Waals surface area contributed by atoms with Gasteiger partial charge in [0.05, 0.1) is 28.2 Å². The fraction of sp³-hybridized carbons (Fsp3) is 0.233. The summed E-state index contributed by atoms with van der Waals surface area (Å²) in [6.07, 6.45) is -1.36. The summed E-state index contributed by atoms with van der Waals surface area (Å²) in [5.74, 6) is -4.07. The monoisotopic (exact) mass is 643 g/mol. The van der Waals surface area contributed by atoms with Gasteiger partial charge in [0.25, 0.3) is 0 Å². The van der Waals surface area contributed by atoms with E-state index >= 15 is 8.78 Å². The first-order valence-electron chi connectivity index (χ1n) is 13.4. The van der Waals surface area contributed by atoms with Crippen LogP contribution in [0.5, 0.6) is 11.5 Å². The Hall–Kier alpha value is -4.76. The summed E-state index contributed by atoms with van der Waals surface area (Å²) in [6.45, 7) is 1.96. The number of hydrogen-bond donors (Lipinski definition) is 1. The lowest BCUT2D eigenvalue weighted by molar-refractivity contribution is -0.286. The number of hydrogen-bond acceptors (Lipinski definition) is 8. The lowest BCUT2D eigenvalue weighted by Crippen LogP contribution is -2.40. The second-order valence-corrected chi connectivity index (χ2v) is 13.1. The van der Waals surface area contributed by atoms with E-state index in [1.807, 2.05) is 0 Å². The van der Waals surface area contributed by atoms with Gasteiger partial charge < -0.3 is 14.6 Å². The summed E-state index contributed by atoms with van der Waals surface area (Å²) < 4.78 is 93.9. The number of ether oxygens (including phenoxy) is 2. The summed E-state index contributed by atoms with van der Waals surface area (Å²) in [6, 6.07) is 16.5. The first-order chi connectivity index (χ1) is 20.9. The van der Waals surface area contributed by atoms with Crippen LogP contribution in [0.4, 0.5) is 17.6 Å². The zero-order valence-electron chi connectivity index (χ0n) is 24.2. The van der Waals surface area contributed by atoms with Crippen LogP contribution in [0.2, 0.25) is 0 Å². The number of sulfone groups is 1. The third-order valence-electron chi connectivity index (χ3n) is 7.31. The Morgan fingerprint density at radius 2 is 1.58 bits per heavy atom. The van der Waals surface area contributed by atoms with E-state index in [9.17, 15) is 22.3 Å². The van der Waals surface area contributed by atoms with E-state index in [4.69, 9.17) is 0 Å². The van der Waals surface area contributed by atoms with Gasteiger partial charge in [-0.3, -0.25) is 4.68 Å². The van der Waals surface area contributed by atoms with Gasteiger partial charge in [0, 0.05) is 24.4 Å². The van der Waals surface area contributed by atoms with E-state index in [2.05, 4.69) is 24.9 Å². The molecule has 5 aromatic rings. The smallest absolute Gasteiger partial charge is 0.395 e. The van der Waals surface area contributed by atoms with Crippen LogP contribution in [0.1, 0.15) is 19.5 Å². The molecule has 0 fully saturated rings. The molecule has 1 N–H and O–H groups in total. The van der Waals surface area contributed by atoms with Crippen molar-refractivity contribution in [3.8, 4) is 50.8 Å². The molecule has 0 unspecified atom stereocenters. The highest BCUT2D eigenvalue weighted by Gasteiger charge is 2.49. The molecule has 45 heavy (non-hydrogen) atoms. The standard InChI is InChI=1S/C30H25F4N5O5S/c1-28(2,40)29(31,32)27-15-22(38(3)36-27)21-10-8-18(17-6-5-7-20(12-17)45(4,41)42)13-23(21)39-24(16-35-37-39)19-9-11-25-26(14-19)44-30(33,34)43-25/h5-16,40H,1-4H3. The third-order valence-corrected chi connectivity index (χ3v) is 8.42. The molecule has 0 radical (unpaired) electrons. The van der Waals surface area contributed by atoms with Crippen molar-refractivity contribution >= 4 is 9.84 Å². The Balaban J connectivity index is 1.55. The average Bonchev–Trinajstić information content (AvgIpc) is 3.67. The largest absolute Gasteiger partial charge is 0.586 e. The Labute approximate surface area is 254 Å². The van der Waals surface area contributed by atoms with Crippen LogP contribution >= 0.6 is 0 Å². The molecule has 3 aromatic carbocycles. The van der Waals surface area contributed by atoms with Gasteiger partial charge in [-0.25, -0.2) is 13.1 Å². The van der Waals surface area contributed by atoms with Crippen molar-refractivity contribution in [3.05, 3.63) is 78.6 Å². The van der Waals surface area contributed by atoms with Gasteiger partial charge in [0.2, 0.25) is 0 Å². The van der Waals surface area contributed by atoms with E-state index < -0.39 is 33.3 Å². The van der Waals surface area contributed by atoms with Gasteiger partial charge in [-0.2, -0.15) is 13.9 Å². The van der Waals surface area contributed by atoms with Crippen molar-refractivity contribution < 1.29 is 40.6 Å². The van der Waals surface area contributed by atoms with E-state index in [1.165, 1.54) is 52.9 Å². The van der Waals surface area contributed by atoms with Crippen molar-refractivity contribution in [1.29, 1.82) is 0 Å². The number of nitrogens with zero attached hydrogens (tertiary/aromatic N) is 5. The van der Waals surface area contributed by atoms with Gasteiger partial charge in [-0.1, -0.05) is 29.5 Å². The minimum absolute atomic E-state index is 0.0920. The maximum atomic E-state index is 15.1. The maximum Gasteiger partial charge on any atom is 0.586 e. The molecule has 3 heterocycles. The van der Waals surface area contributed by atoms with Crippen LogP contribution in [0.15, 0.2) is 77.8 Å². The Kier molecular flexibility index (Phi) is 6.82. The predicted octanol–water partition coefficient (Wildman–Crippen LogP) is 5.59. The van der Waals surface area contributed by atoms with Crippen molar-refractivity contribution in [3.63, 3.8) is 0 Å². The number of halogens is 4. The number of aryl methyl sites for hydroxylation is 1. The van der Waals surface area contributed by atoms with E-state index in [-0.39, 0.29) is 22.1 Å². The molecular weight excluding hydrogens is 618 g/mol. The Bertz CT molecular complexity index is 2070. The Morgan fingerprint density at radius 1 is 0.889 bits per heavy atom. The van der Waals surface area contributed by atoms with Crippen LogP contribution in [0.25, 0.3) is 39.3 Å². The Morgan fingerprint density at radius 3 is 2.29 bits per heavy atom. The van der Waals surface area contributed by atoms with E-state index in [0.717, 1.165) is 26.2 Å². The fourth-order valence-corrected chi connectivity index (χ4v) is 5.58. The SMILES string of the molecule is Cn1nc(C(F)(F)C(C)(C)O)cc1-c1ccc(-c2cccc(S(C)(=O)=O)c2)cc1-n1nncc1-c1ccc2c(c1)OC(F)(F)O2. The lowest BCUT2D eigenvalue weighted by atomic mass is 9.96. The molecule has 0 amide bonds. The molecule has 1 aliphatic rings. The number of fused-ring (bicyclic) bond motifs is 1. The van der Waals surface area contributed by atoms with Gasteiger partial charge in [-0.15, -0.1) is 13.9 Å². The molecular formula is C30H25F4N5O5S. The highest BCUT2D eigenvalue weighted by molar-refractivity contribution is 7.90. The van der Waals surface area contributed by atoms with Gasteiger partial charge >= 0.3 is 12.2 Å². The van der Waals surface area contributed by atoms with Crippen molar-refractivity contribution in [1.82, 2.24) is 24.8 Å². The van der Waals surface area contributed by atoms with Gasteiger partial charge in [0.1, 0.15) is 11.3 Å². The summed E-state index contributed by atoms with van der Waals surface area (Å²) in [5, 5.41) is 22.4. The molecule has 0 saturated carbocycles. The number of aliphatic hydroxyl groups is 1. The fourth-order valence-electron chi connectivity index (χ4n) is 4.91. The number of alkyl halides is 4. The zero-order chi connectivity index (χ0) is 32.5. The number of aromatic nitrogens is 5. The molecule has 0 atom stereocenters. The average molecular weight is 644 g/mol. The second-order valence-electron chi connectivity index (χ2n) is 11.1. The molecule has 1 aliphatic heterocycles. The molecule has 10 nitrogen and oxygen atoms in total. The molecule has 0 spiro atoms. The van der Waals surface area contributed by atoms with E-state index in [1.54, 1.807) is 30.3 Å². The lowest BCUT2D eigenvalue weighted by Gasteiger charge is -2.27.